The SMILES string of the molecule is CC(NCCC(=O)O)C1C(C)(C)C1(C)C. The van der Waals surface area contributed by atoms with Crippen LogP contribution >= 0.6 is 0 Å². The summed E-state index contributed by atoms with van der Waals surface area (Å²) in [6.45, 7) is 11.9. The number of nitrogens with one attached hydrogen (secondary N) is 1. The molecule has 0 aromatic carbocycles. The summed E-state index contributed by atoms with van der Waals surface area (Å²) in [5, 5.41) is 11.9. The molecule has 1 aliphatic rings. The predicted molar refractivity (Wildman–Crippen MR) is 60.8 cm³/mol. The lowest BCUT2D eigenvalue weighted by molar-refractivity contribution is -0.136. The molecule has 3 heteroatoms. The van der Waals surface area contributed by atoms with Gasteiger partial charge in [-0.25, -0.2) is 0 Å². The highest BCUT2D eigenvalue weighted by Crippen LogP contribution is 2.69. The van der Waals surface area contributed by atoms with E-state index in [0.29, 0.717) is 29.3 Å². The standard InChI is InChI=1S/C12H23NO2/c1-8(13-7-6-9(14)15)10-11(2,3)12(10,4)5/h8,10,13H,6-7H2,1-5H3,(H,14,15). The van der Waals surface area contributed by atoms with E-state index >= 15 is 0 Å². The Morgan fingerprint density at radius 3 is 2.13 bits per heavy atom. The first-order valence-corrected chi connectivity index (χ1v) is 5.66. The van der Waals surface area contributed by atoms with Gasteiger partial charge in [-0.1, -0.05) is 27.7 Å². The van der Waals surface area contributed by atoms with E-state index in [1.165, 1.54) is 0 Å². The largest absolute Gasteiger partial charge is 0.481 e. The lowest BCUT2D eigenvalue weighted by Crippen LogP contribution is -2.32. The van der Waals surface area contributed by atoms with E-state index in [-0.39, 0.29) is 6.42 Å². The molecule has 0 saturated heterocycles. The highest BCUT2D eigenvalue weighted by atomic mass is 16.4. The van der Waals surface area contributed by atoms with Crippen LogP contribution in [0.5, 0.6) is 0 Å². The van der Waals surface area contributed by atoms with Crippen molar-refractivity contribution in [2.45, 2.75) is 47.1 Å². The van der Waals surface area contributed by atoms with Gasteiger partial charge in [0.1, 0.15) is 0 Å². The first kappa shape index (κ1) is 12.5. The van der Waals surface area contributed by atoms with Crippen molar-refractivity contribution in [1.29, 1.82) is 0 Å². The normalized spacial score (nSPS) is 24.9. The molecule has 0 amide bonds. The highest BCUT2D eigenvalue weighted by molar-refractivity contribution is 5.66. The molecule has 1 fully saturated rings. The zero-order valence-electron chi connectivity index (χ0n) is 10.4. The summed E-state index contributed by atoms with van der Waals surface area (Å²) < 4.78 is 0. The van der Waals surface area contributed by atoms with Crippen molar-refractivity contribution in [2.24, 2.45) is 16.7 Å². The van der Waals surface area contributed by atoms with Crippen LogP contribution in [0.2, 0.25) is 0 Å². The Balaban J connectivity index is 2.37. The van der Waals surface area contributed by atoms with E-state index < -0.39 is 5.97 Å². The van der Waals surface area contributed by atoms with Gasteiger partial charge in [0.15, 0.2) is 0 Å². The second-order valence-corrected chi connectivity index (χ2v) is 5.81. The minimum Gasteiger partial charge on any atom is -0.481 e. The molecule has 1 rings (SSSR count). The second kappa shape index (κ2) is 3.78. The number of carboxylic acid groups (broad SMARTS) is 1. The Labute approximate surface area is 92.3 Å². The molecule has 2 N–H and O–H groups in total. The number of carbonyl (C=O) groups is 1. The third kappa shape index (κ3) is 2.17. The van der Waals surface area contributed by atoms with Gasteiger partial charge in [0.25, 0.3) is 0 Å². The summed E-state index contributed by atoms with van der Waals surface area (Å²) in [6.07, 6.45) is 0.206. The second-order valence-electron chi connectivity index (χ2n) is 5.81. The average Bonchev–Trinajstić information content (AvgIpc) is 2.41. The van der Waals surface area contributed by atoms with Crippen LogP contribution in [0, 0.1) is 16.7 Å². The van der Waals surface area contributed by atoms with Crippen molar-refractivity contribution in [1.82, 2.24) is 5.32 Å². The lowest BCUT2D eigenvalue weighted by atomic mass is 10.0. The first-order valence-electron chi connectivity index (χ1n) is 5.66. The van der Waals surface area contributed by atoms with Gasteiger partial charge in [-0.2, -0.15) is 0 Å². The summed E-state index contributed by atoms with van der Waals surface area (Å²) in [7, 11) is 0. The number of aliphatic carboxylic acids is 1. The molecule has 0 spiro atoms. The number of hydrogen-bond donors (Lipinski definition) is 2. The van der Waals surface area contributed by atoms with Crippen LogP contribution in [0.25, 0.3) is 0 Å². The van der Waals surface area contributed by atoms with Crippen molar-refractivity contribution < 1.29 is 9.90 Å². The molecule has 15 heavy (non-hydrogen) atoms. The van der Waals surface area contributed by atoms with Crippen molar-refractivity contribution in [3.8, 4) is 0 Å². The molecule has 0 aromatic rings. The molecule has 1 aliphatic carbocycles. The van der Waals surface area contributed by atoms with Crippen LogP contribution in [0.15, 0.2) is 0 Å². The first-order chi connectivity index (χ1) is 6.71. The van der Waals surface area contributed by atoms with Crippen molar-refractivity contribution in [3.05, 3.63) is 0 Å². The third-order valence-corrected chi connectivity index (χ3v) is 4.44. The van der Waals surface area contributed by atoms with Gasteiger partial charge >= 0.3 is 5.97 Å². The molecule has 0 bridgehead atoms. The van der Waals surface area contributed by atoms with E-state index in [9.17, 15) is 4.79 Å². The van der Waals surface area contributed by atoms with E-state index in [1.54, 1.807) is 0 Å². The summed E-state index contributed by atoms with van der Waals surface area (Å²) in [5.41, 5.74) is 0.727. The lowest BCUT2D eigenvalue weighted by Gasteiger charge is -2.15. The van der Waals surface area contributed by atoms with Gasteiger partial charge in [0, 0.05) is 12.6 Å². The van der Waals surface area contributed by atoms with Gasteiger partial charge < -0.3 is 10.4 Å². The number of hydrogen-bond acceptors (Lipinski definition) is 2. The number of rotatable bonds is 5. The summed E-state index contributed by atoms with van der Waals surface area (Å²) >= 11 is 0. The summed E-state index contributed by atoms with van der Waals surface area (Å²) in [4.78, 5) is 10.4. The Morgan fingerprint density at radius 2 is 1.80 bits per heavy atom. The minimum absolute atomic E-state index is 0.206. The maximum atomic E-state index is 10.4. The molecule has 0 radical (unpaired) electrons. The van der Waals surface area contributed by atoms with Crippen LogP contribution < -0.4 is 5.32 Å². The Bertz CT molecular complexity index is 244. The topological polar surface area (TPSA) is 49.3 Å². The van der Waals surface area contributed by atoms with Gasteiger partial charge in [-0.15, -0.1) is 0 Å². The molecule has 0 aromatic heterocycles. The van der Waals surface area contributed by atoms with E-state index in [4.69, 9.17) is 5.11 Å². The van der Waals surface area contributed by atoms with E-state index in [0.717, 1.165) is 0 Å². The molecular weight excluding hydrogens is 190 g/mol. The highest BCUT2D eigenvalue weighted by Gasteiger charge is 2.66. The van der Waals surface area contributed by atoms with E-state index in [2.05, 4.69) is 39.9 Å². The molecule has 88 valence electrons. The molecular formula is C12H23NO2. The van der Waals surface area contributed by atoms with Crippen LogP contribution in [0.3, 0.4) is 0 Å². The molecule has 0 heterocycles. The predicted octanol–water partition coefficient (Wildman–Crippen LogP) is 2.12. The van der Waals surface area contributed by atoms with Gasteiger partial charge in [-0.05, 0) is 23.7 Å². The Morgan fingerprint density at radius 1 is 1.33 bits per heavy atom. The molecule has 1 unspecified atom stereocenters. The Kier molecular flexibility index (Phi) is 3.15. The smallest absolute Gasteiger partial charge is 0.304 e. The zero-order valence-corrected chi connectivity index (χ0v) is 10.4. The Hall–Kier alpha value is -0.570. The van der Waals surface area contributed by atoms with Gasteiger partial charge in [-0.3, -0.25) is 4.79 Å². The summed E-state index contributed by atoms with van der Waals surface area (Å²) in [6, 6.07) is 0.398. The van der Waals surface area contributed by atoms with Gasteiger partial charge in [0.2, 0.25) is 0 Å². The maximum absolute atomic E-state index is 10.4. The fourth-order valence-electron chi connectivity index (χ4n) is 3.02. The third-order valence-electron chi connectivity index (χ3n) is 4.44. The quantitative estimate of drug-likeness (QED) is 0.735. The van der Waals surface area contributed by atoms with Crippen LogP contribution in [-0.4, -0.2) is 23.7 Å². The van der Waals surface area contributed by atoms with Crippen LogP contribution in [-0.2, 0) is 4.79 Å². The molecule has 1 saturated carbocycles. The average molecular weight is 213 g/mol. The maximum Gasteiger partial charge on any atom is 0.304 e. The molecule has 1 atom stereocenters. The zero-order chi connectivity index (χ0) is 11.9. The van der Waals surface area contributed by atoms with Crippen LogP contribution in [0.4, 0.5) is 0 Å². The fourth-order valence-corrected chi connectivity index (χ4v) is 3.02. The minimum atomic E-state index is -0.732. The number of carboxylic acids is 1. The van der Waals surface area contributed by atoms with Crippen LogP contribution in [0.1, 0.15) is 41.0 Å². The van der Waals surface area contributed by atoms with Crippen molar-refractivity contribution in [2.75, 3.05) is 6.54 Å². The van der Waals surface area contributed by atoms with Crippen molar-refractivity contribution in [3.63, 3.8) is 0 Å². The summed E-state index contributed by atoms with van der Waals surface area (Å²) in [5.74, 6) is -0.0946. The molecule has 0 aliphatic heterocycles. The molecule has 3 nitrogen and oxygen atoms in total. The van der Waals surface area contributed by atoms with Gasteiger partial charge in [0.05, 0.1) is 6.42 Å². The monoisotopic (exact) mass is 213 g/mol. The van der Waals surface area contributed by atoms with Crippen molar-refractivity contribution >= 4 is 5.97 Å². The van der Waals surface area contributed by atoms with E-state index in [1.807, 2.05) is 0 Å². The fraction of sp³-hybridized carbons (Fsp3) is 0.917.